The number of likely N-dealkylation sites (tertiary alicyclic amines) is 1. The lowest BCUT2D eigenvalue weighted by atomic mass is 9.99. The fourth-order valence-corrected chi connectivity index (χ4v) is 13.7. The second-order valence-corrected chi connectivity index (χ2v) is 30.5. The lowest BCUT2D eigenvalue weighted by Crippen LogP contribution is -2.62. The number of imide groups is 1. The molecule has 0 saturated carbocycles. The molecule has 2 aliphatic heterocycles. The van der Waals surface area contributed by atoms with Crippen molar-refractivity contribution >= 4 is 123 Å². The Balaban J connectivity index is 1.09. The summed E-state index contributed by atoms with van der Waals surface area (Å²) in [5.74, 6) is -10.9. The number of aliphatic hydroxyl groups excluding tert-OH is 1. The van der Waals surface area contributed by atoms with Crippen molar-refractivity contribution < 1.29 is 77.0 Å². The highest BCUT2D eigenvalue weighted by Crippen LogP contribution is 2.24. The van der Waals surface area contributed by atoms with Crippen LogP contribution in [0.2, 0.25) is 5.02 Å². The number of halogens is 1. The zero-order chi connectivity index (χ0) is 85.7. The summed E-state index contributed by atoms with van der Waals surface area (Å²) >= 11 is 6.27. The van der Waals surface area contributed by atoms with Crippen molar-refractivity contribution in [2.24, 2.45) is 17.4 Å². The van der Waals surface area contributed by atoms with Crippen LogP contribution in [0.15, 0.2) is 140 Å². The monoisotopic (exact) mass is 1640 g/mol. The topological polar surface area (TPSA) is 513 Å². The Morgan fingerprint density at radius 3 is 1.58 bits per heavy atom. The number of benzene rings is 5. The van der Waals surface area contributed by atoms with Crippen LogP contribution in [0.5, 0.6) is 0 Å². The van der Waals surface area contributed by atoms with Crippen LogP contribution in [0, 0.1) is 5.92 Å². The van der Waals surface area contributed by atoms with E-state index < -0.39 is 168 Å². The van der Waals surface area contributed by atoms with E-state index in [4.69, 9.17) is 23.1 Å². The van der Waals surface area contributed by atoms with Gasteiger partial charge in [-0.25, -0.2) is 9.59 Å². The van der Waals surface area contributed by atoms with Gasteiger partial charge in [-0.1, -0.05) is 124 Å². The third-order valence-electron chi connectivity index (χ3n) is 19.7. The van der Waals surface area contributed by atoms with Crippen molar-refractivity contribution in [1.29, 1.82) is 0 Å². The van der Waals surface area contributed by atoms with E-state index in [0.717, 1.165) is 16.3 Å². The van der Waals surface area contributed by atoms with Crippen molar-refractivity contribution in [2.45, 2.75) is 198 Å². The molecular weight excluding hydrogens is 1540 g/mol. The minimum absolute atomic E-state index is 0.0275. The number of hydrogen-bond donors (Lipinski definition) is 17. The smallest absolute Gasteiger partial charge is 0.322 e. The van der Waals surface area contributed by atoms with Crippen LogP contribution in [-0.4, -0.2) is 196 Å². The van der Waals surface area contributed by atoms with E-state index in [-0.39, 0.29) is 86.8 Å². The van der Waals surface area contributed by atoms with E-state index in [9.17, 15) is 62.6 Å². The molecule has 0 bridgehead atoms. The van der Waals surface area contributed by atoms with Gasteiger partial charge >= 0.3 is 12.1 Å². The first-order valence-electron chi connectivity index (χ1n) is 39.2. The standard InChI is InChI=1S/C83H105ClN18O16/c1-46(2)37-62(74(109)93-61(16-9-10-35-88-47(3)4)81(116)102-36-12-17-69(102)80(115)89-48(5)71(85)106)94-75(110)64(40-53-23-31-59(32-24-53)92-82(86)117)96-77(112)65(41-52-21-29-58(30-22-52)91-73(108)67-43-70(105)101-83(118)100-67)98-79(114)68(45-103)99-78(113)66(42-54-13-11-34-87-44-54)97-76(111)63(39-51-19-27-57(84)28-20-51)95-72(107)60(90-49(6)104)33-25-50-18-26-55-14-7-8-15-56(55)38-50/h7-8,11,13-15,18-24,26-32,34,38,44,46-48,60-69,88,103H,9-10,12,16-17,25,33,35-37,39-43,45H2,1-6H3,(H2,85,106)(H,89,115)(H,90,104)(H,91,108)(H,93,109)(H,94,110)(H,95,107)(H,96,112)(H,97,111)(H,98,114)(H,99,113)(H3,86,92,117)(H2,100,101,105,118)/t48-,60-,61+,62+,63-,64-,65+,66-,67+,68?,69+/m1/s1. The van der Waals surface area contributed by atoms with Crippen LogP contribution in [0.25, 0.3) is 10.8 Å². The summed E-state index contributed by atoms with van der Waals surface area (Å²) < 4.78 is 0. The molecule has 35 heteroatoms. The maximum absolute atomic E-state index is 15.5. The summed E-state index contributed by atoms with van der Waals surface area (Å²) in [6, 6.07) is 17.9. The number of aryl methyl sites for hydroxylation is 1. The lowest BCUT2D eigenvalue weighted by molar-refractivity contribution is -0.142. The Morgan fingerprint density at radius 2 is 1.05 bits per heavy atom. The average Bonchev–Trinajstić information content (AvgIpc) is 1.60. The van der Waals surface area contributed by atoms with Gasteiger partial charge in [0.25, 0.3) is 0 Å². The molecule has 630 valence electrons. The van der Waals surface area contributed by atoms with Crippen molar-refractivity contribution in [3.8, 4) is 0 Å². The number of pyridine rings is 1. The van der Waals surface area contributed by atoms with Gasteiger partial charge in [0.05, 0.1) is 13.0 Å². The Bertz CT molecular complexity index is 4540. The van der Waals surface area contributed by atoms with Crippen LogP contribution in [0.3, 0.4) is 0 Å². The van der Waals surface area contributed by atoms with E-state index in [0.29, 0.717) is 53.9 Å². The molecule has 3 heterocycles. The van der Waals surface area contributed by atoms with E-state index in [1.165, 1.54) is 79.7 Å². The van der Waals surface area contributed by atoms with Gasteiger partial charge in [-0.2, -0.15) is 0 Å². The largest absolute Gasteiger partial charge is 0.394 e. The third-order valence-corrected chi connectivity index (χ3v) is 20.0. The number of nitrogens with two attached hydrogens (primary N) is 2. The van der Waals surface area contributed by atoms with Gasteiger partial charge < -0.3 is 90.6 Å². The molecule has 118 heavy (non-hydrogen) atoms. The number of fused-ring (bicyclic) bond motifs is 1. The first-order valence-corrected chi connectivity index (χ1v) is 39.6. The number of rotatable bonds is 42. The molecule has 0 radical (unpaired) electrons. The van der Waals surface area contributed by atoms with Crippen molar-refractivity contribution in [3.63, 3.8) is 0 Å². The second kappa shape index (κ2) is 44.6. The number of unbranched alkanes of at least 4 members (excludes halogenated alkanes) is 1. The van der Waals surface area contributed by atoms with Gasteiger partial charge in [0.1, 0.15) is 66.5 Å². The number of urea groups is 2. The van der Waals surface area contributed by atoms with Crippen LogP contribution in [0.1, 0.15) is 121 Å². The fraction of sp³-hybridized carbons (Fsp3) is 0.422. The van der Waals surface area contributed by atoms with E-state index in [2.05, 4.69) is 79.4 Å². The van der Waals surface area contributed by atoms with Crippen LogP contribution < -0.4 is 85.9 Å². The number of amides is 17. The minimum Gasteiger partial charge on any atom is -0.394 e. The summed E-state index contributed by atoms with van der Waals surface area (Å²) in [5, 5.41) is 50.6. The molecule has 0 aliphatic carbocycles. The normalized spacial score (nSPS) is 16.1. The number of anilines is 2. The second-order valence-electron chi connectivity index (χ2n) is 30.1. The molecule has 1 unspecified atom stereocenters. The zero-order valence-electron chi connectivity index (χ0n) is 66.6. The Kier molecular flexibility index (Phi) is 34.4. The highest BCUT2D eigenvalue weighted by molar-refractivity contribution is 6.30. The SMILES string of the molecule is CC(=O)N[C@H](CCc1ccc2ccccc2c1)C(=O)N[C@H](Cc1ccc(Cl)cc1)C(=O)N[C@H](Cc1cccnc1)C(=O)NC(CO)C(=O)N[C@@H](Cc1ccc(NC(=O)[C@@H]2CC(=O)NC(=O)N2)cc1)C(=O)N[C@H](Cc1ccc(NC(N)=O)cc1)C(=O)N[C@@H](CC(C)C)C(=O)N[C@@H](CCCCNC(C)C)C(=O)N1CCC[C@H]1C(=O)N[C@H](C)C(N)=O. The molecule has 34 nitrogen and oxygen atoms in total. The number of aromatic nitrogens is 1. The highest BCUT2D eigenvalue weighted by Gasteiger charge is 2.41. The maximum Gasteiger partial charge on any atom is 0.322 e. The average molecular weight is 1650 g/mol. The summed E-state index contributed by atoms with van der Waals surface area (Å²) in [6.45, 7) is 9.76. The van der Waals surface area contributed by atoms with Gasteiger partial charge in [0.2, 0.25) is 76.8 Å². The predicted octanol–water partition coefficient (Wildman–Crippen LogP) is 1.90. The maximum atomic E-state index is 15.5. The molecule has 11 atom stereocenters. The first kappa shape index (κ1) is 91.1. The third kappa shape index (κ3) is 28.8. The summed E-state index contributed by atoms with van der Waals surface area (Å²) in [6.07, 6.45) is 3.50. The molecule has 2 fully saturated rings. The predicted molar refractivity (Wildman–Crippen MR) is 439 cm³/mol. The molecule has 2 aliphatic rings. The lowest BCUT2D eigenvalue weighted by Gasteiger charge is -2.31. The Morgan fingerprint density at radius 1 is 0.542 bits per heavy atom. The van der Waals surface area contributed by atoms with E-state index >= 15 is 14.4 Å². The molecule has 0 spiro atoms. The van der Waals surface area contributed by atoms with Gasteiger partial charge in [-0.05, 0) is 152 Å². The highest BCUT2D eigenvalue weighted by atomic mass is 35.5. The van der Waals surface area contributed by atoms with Gasteiger partial charge in [0.15, 0.2) is 0 Å². The number of carbonyl (C=O) groups excluding carboxylic acids is 15. The summed E-state index contributed by atoms with van der Waals surface area (Å²) in [5.41, 5.74) is 13.8. The summed E-state index contributed by atoms with van der Waals surface area (Å²) in [4.78, 5) is 213. The van der Waals surface area contributed by atoms with Crippen molar-refractivity contribution in [2.75, 3.05) is 30.3 Å². The zero-order valence-corrected chi connectivity index (χ0v) is 67.4. The number of nitrogens with zero attached hydrogens (tertiary/aromatic N) is 2. The number of aliphatic hydroxyl groups is 1. The van der Waals surface area contributed by atoms with Gasteiger partial charge in [-0.3, -0.25) is 72.6 Å². The molecular formula is C83H105ClN18O16. The molecule has 1 aromatic heterocycles. The minimum atomic E-state index is -1.92. The van der Waals surface area contributed by atoms with E-state index in [1.54, 1.807) is 50.2 Å². The fourth-order valence-electron chi connectivity index (χ4n) is 13.5. The first-order chi connectivity index (χ1) is 56.3. The van der Waals surface area contributed by atoms with Crippen LogP contribution in [0.4, 0.5) is 21.0 Å². The molecule has 2 saturated heterocycles. The van der Waals surface area contributed by atoms with Gasteiger partial charge in [0, 0.05) is 74.0 Å². The molecule has 8 rings (SSSR count). The Labute approximate surface area is 687 Å². The van der Waals surface area contributed by atoms with Crippen molar-refractivity contribution in [1.82, 2.24) is 73.7 Å². The molecule has 5 aromatic carbocycles. The van der Waals surface area contributed by atoms with E-state index in [1.807, 2.05) is 56.3 Å². The molecule has 19 N–H and O–H groups in total. The number of primary amides is 2. The van der Waals surface area contributed by atoms with Crippen LogP contribution >= 0.6 is 11.6 Å². The molecule has 6 aromatic rings. The van der Waals surface area contributed by atoms with Crippen molar-refractivity contribution in [3.05, 3.63) is 173 Å². The number of hydrogen-bond acceptors (Lipinski definition) is 18. The number of nitrogens with one attached hydrogen (secondary N) is 14. The Hall–Kier alpha value is -12.4. The number of carbonyl (C=O) groups is 15. The van der Waals surface area contributed by atoms with Gasteiger partial charge in [-0.15, -0.1) is 0 Å². The summed E-state index contributed by atoms with van der Waals surface area (Å²) in [7, 11) is 0. The molecule has 17 amide bonds. The quantitative estimate of drug-likeness (QED) is 0.0243. The van der Waals surface area contributed by atoms with Crippen LogP contribution in [-0.2, 0) is 94.4 Å².